The van der Waals surface area contributed by atoms with Gasteiger partial charge in [0.25, 0.3) is 5.91 Å². The zero-order valence-electron chi connectivity index (χ0n) is 14.7. The summed E-state index contributed by atoms with van der Waals surface area (Å²) in [5, 5.41) is 6.49. The molecule has 2 aliphatic heterocycles. The lowest BCUT2D eigenvalue weighted by atomic mass is 9.91. The number of nitrogens with one attached hydrogen (secondary N) is 2. The molecule has 0 unspecified atom stereocenters. The Morgan fingerprint density at radius 3 is 2.44 bits per heavy atom. The normalized spacial score (nSPS) is 24.3. The number of carbonyl (C=O) groups is 2. The molecule has 2 aliphatic rings. The van der Waals surface area contributed by atoms with Gasteiger partial charge in [0.2, 0.25) is 5.91 Å². The third-order valence-corrected chi connectivity index (χ3v) is 5.15. The smallest absolute Gasteiger partial charge is 0.251 e. The van der Waals surface area contributed by atoms with Crippen LogP contribution in [0.2, 0.25) is 0 Å². The zero-order chi connectivity index (χ0) is 16.9. The van der Waals surface area contributed by atoms with Gasteiger partial charge in [-0.1, -0.05) is 18.2 Å². The van der Waals surface area contributed by atoms with Crippen LogP contribution in [0.5, 0.6) is 0 Å². The molecule has 0 aliphatic carbocycles. The number of piperidine rings is 2. The SMILES string of the molecule is C[C@H]1C[C@@H](C(=O)N2CCC(NC(=O)c3ccccc3)CC2)CCN1.Cl. The monoisotopic (exact) mass is 365 g/mol. The first kappa shape index (κ1) is 19.7. The lowest BCUT2D eigenvalue weighted by Crippen LogP contribution is -2.50. The van der Waals surface area contributed by atoms with Crippen LogP contribution in [0.4, 0.5) is 0 Å². The average Bonchev–Trinajstić information content (AvgIpc) is 2.62. The van der Waals surface area contributed by atoms with Crippen LogP contribution < -0.4 is 10.6 Å². The van der Waals surface area contributed by atoms with Gasteiger partial charge in [-0.2, -0.15) is 0 Å². The summed E-state index contributed by atoms with van der Waals surface area (Å²) in [4.78, 5) is 26.9. The molecule has 2 N–H and O–H groups in total. The molecule has 138 valence electrons. The van der Waals surface area contributed by atoms with Crippen LogP contribution in [0.1, 0.15) is 43.0 Å². The van der Waals surface area contributed by atoms with Crippen molar-refractivity contribution in [1.82, 2.24) is 15.5 Å². The fourth-order valence-electron chi connectivity index (χ4n) is 3.72. The van der Waals surface area contributed by atoms with Crippen molar-refractivity contribution in [3.63, 3.8) is 0 Å². The first-order valence-electron chi connectivity index (χ1n) is 9.01. The number of likely N-dealkylation sites (tertiary alicyclic amines) is 1. The maximum absolute atomic E-state index is 12.7. The summed E-state index contributed by atoms with van der Waals surface area (Å²) in [5.74, 6) is 0.445. The minimum atomic E-state index is -0.0208. The van der Waals surface area contributed by atoms with E-state index in [1.807, 2.05) is 35.2 Å². The van der Waals surface area contributed by atoms with E-state index in [0.29, 0.717) is 17.5 Å². The van der Waals surface area contributed by atoms with Crippen LogP contribution in [-0.4, -0.2) is 48.4 Å². The summed E-state index contributed by atoms with van der Waals surface area (Å²) < 4.78 is 0. The van der Waals surface area contributed by atoms with Crippen LogP contribution in [0.3, 0.4) is 0 Å². The van der Waals surface area contributed by atoms with Gasteiger partial charge >= 0.3 is 0 Å². The lowest BCUT2D eigenvalue weighted by molar-refractivity contribution is -0.137. The van der Waals surface area contributed by atoms with Crippen LogP contribution in [0.15, 0.2) is 30.3 Å². The Labute approximate surface area is 155 Å². The zero-order valence-corrected chi connectivity index (χ0v) is 15.6. The molecule has 2 atom stereocenters. The summed E-state index contributed by atoms with van der Waals surface area (Å²) >= 11 is 0. The van der Waals surface area contributed by atoms with E-state index in [1.54, 1.807) is 0 Å². The van der Waals surface area contributed by atoms with Crippen molar-refractivity contribution in [3.8, 4) is 0 Å². The van der Waals surface area contributed by atoms with Gasteiger partial charge in [0.15, 0.2) is 0 Å². The molecule has 0 radical (unpaired) electrons. The fraction of sp³-hybridized carbons (Fsp3) is 0.579. The Morgan fingerprint density at radius 2 is 1.80 bits per heavy atom. The number of benzene rings is 1. The summed E-state index contributed by atoms with van der Waals surface area (Å²) in [7, 11) is 0. The molecule has 0 spiro atoms. The topological polar surface area (TPSA) is 61.4 Å². The number of hydrogen-bond donors (Lipinski definition) is 2. The highest BCUT2D eigenvalue weighted by Gasteiger charge is 2.31. The molecular formula is C19H28ClN3O2. The summed E-state index contributed by atoms with van der Waals surface area (Å²) in [6, 6.07) is 9.89. The van der Waals surface area contributed by atoms with Gasteiger partial charge < -0.3 is 15.5 Å². The minimum Gasteiger partial charge on any atom is -0.349 e. The number of hydrogen-bond acceptors (Lipinski definition) is 3. The van der Waals surface area contributed by atoms with Crippen molar-refractivity contribution < 1.29 is 9.59 Å². The van der Waals surface area contributed by atoms with Gasteiger partial charge in [-0.05, 0) is 51.3 Å². The van der Waals surface area contributed by atoms with Crippen LogP contribution in [0, 0.1) is 5.92 Å². The molecular weight excluding hydrogens is 338 g/mol. The standard InChI is InChI=1S/C19H27N3O2.ClH/c1-14-13-16(7-10-20-14)19(24)22-11-8-17(9-12-22)21-18(23)15-5-3-2-4-6-15;/h2-6,14,16-17,20H,7-13H2,1H3,(H,21,23);1H/t14-,16-;/m0./s1. The lowest BCUT2D eigenvalue weighted by Gasteiger charge is -2.36. The number of rotatable bonds is 3. The van der Waals surface area contributed by atoms with E-state index in [4.69, 9.17) is 0 Å². The Balaban J connectivity index is 0.00000225. The van der Waals surface area contributed by atoms with E-state index in [0.717, 1.165) is 45.3 Å². The number of nitrogens with zero attached hydrogens (tertiary/aromatic N) is 1. The van der Waals surface area contributed by atoms with E-state index in [-0.39, 0.29) is 30.3 Å². The predicted octanol–water partition coefficient (Wildman–Crippen LogP) is 2.22. The Kier molecular flexibility index (Phi) is 7.26. The maximum atomic E-state index is 12.7. The summed E-state index contributed by atoms with van der Waals surface area (Å²) in [6.45, 7) is 4.57. The van der Waals surface area contributed by atoms with Crippen molar-refractivity contribution in [2.24, 2.45) is 5.92 Å². The van der Waals surface area contributed by atoms with Gasteiger partial charge in [-0.25, -0.2) is 0 Å². The highest BCUT2D eigenvalue weighted by atomic mass is 35.5. The van der Waals surface area contributed by atoms with E-state index >= 15 is 0 Å². The van der Waals surface area contributed by atoms with Gasteiger partial charge in [-0.3, -0.25) is 9.59 Å². The highest BCUT2D eigenvalue weighted by Crippen LogP contribution is 2.21. The molecule has 1 aromatic rings. The molecule has 2 saturated heterocycles. The van der Waals surface area contributed by atoms with Crippen molar-refractivity contribution in [2.45, 2.75) is 44.7 Å². The van der Waals surface area contributed by atoms with E-state index in [1.165, 1.54) is 0 Å². The van der Waals surface area contributed by atoms with Crippen LogP contribution in [0.25, 0.3) is 0 Å². The van der Waals surface area contributed by atoms with E-state index < -0.39 is 0 Å². The van der Waals surface area contributed by atoms with Gasteiger partial charge in [-0.15, -0.1) is 12.4 Å². The van der Waals surface area contributed by atoms with Crippen molar-refractivity contribution in [2.75, 3.05) is 19.6 Å². The second-order valence-corrected chi connectivity index (χ2v) is 7.02. The second kappa shape index (κ2) is 9.20. The van der Waals surface area contributed by atoms with Crippen molar-refractivity contribution in [3.05, 3.63) is 35.9 Å². The minimum absolute atomic E-state index is 0. The summed E-state index contributed by atoms with van der Waals surface area (Å²) in [6.07, 6.45) is 3.55. The van der Waals surface area contributed by atoms with Crippen LogP contribution >= 0.6 is 12.4 Å². The average molecular weight is 366 g/mol. The van der Waals surface area contributed by atoms with Crippen LogP contribution in [-0.2, 0) is 4.79 Å². The number of carbonyl (C=O) groups excluding carboxylic acids is 2. The molecule has 0 bridgehead atoms. The molecule has 6 heteroatoms. The van der Waals surface area contributed by atoms with Crippen molar-refractivity contribution >= 4 is 24.2 Å². The summed E-state index contributed by atoms with van der Waals surface area (Å²) in [5.41, 5.74) is 0.694. The third kappa shape index (κ3) is 5.19. The predicted molar refractivity (Wildman–Crippen MR) is 101 cm³/mol. The highest BCUT2D eigenvalue weighted by molar-refractivity contribution is 5.94. The quantitative estimate of drug-likeness (QED) is 0.863. The molecule has 5 nitrogen and oxygen atoms in total. The first-order valence-corrected chi connectivity index (χ1v) is 9.01. The Hall–Kier alpha value is -1.59. The van der Waals surface area contributed by atoms with Gasteiger partial charge in [0.1, 0.15) is 0 Å². The molecule has 1 aromatic carbocycles. The van der Waals surface area contributed by atoms with Crippen molar-refractivity contribution in [1.29, 1.82) is 0 Å². The molecule has 3 rings (SSSR count). The first-order chi connectivity index (χ1) is 11.6. The molecule has 0 aromatic heterocycles. The largest absolute Gasteiger partial charge is 0.349 e. The second-order valence-electron chi connectivity index (χ2n) is 7.02. The van der Waals surface area contributed by atoms with Gasteiger partial charge in [0.05, 0.1) is 0 Å². The maximum Gasteiger partial charge on any atom is 0.251 e. The van der Waals surface area contributed by atoms with E-state index in [9.17, 15) is 9.59 Å². The number of amides is 2. The van der Waals surface area contributed by atoms with E-state index in [2.05, 4.69) is 17.6 Å². The molecule has 2 fully saturated rings. The molecule has 0 saturated carbocycles. The van der Waals surface area contributed by atoms with Gasteiger partial charge in [0, 0.05) is 36.7 Å². The molecule has 2 amide bonds. The molecule has 2 heterocycles. The Bertz CT molecular complexity index is 573. The Morgan fingerprint density at radius 1 is 1.12 bits per heavy atom. The molecule has 25 heavy (non-hydrogen) atoms. The fourth-order valence-corrected chi connectivity index (χ4v) is 3.72. The third-order valence-electron chi connectivity index (χ3n) is 5.15. The number of halogens is 1.